The quantitative estimate of drug-likeness (QED) is 0.0186. The lowest BCUT2D eigenvalue weighted by Gasteiger charge is -2.14. The van der Waals surface area contributed by atoms with Gasteiger partial charge < -0.3 is 43.0 Å². The van der Waals surface area contributed by atoms with Crippen LogP contribution in [-0.4, -0.2) is 76.2 Å². The van der Waals surface area contributed by atoms with Gasteiger partial charge in [0.2, 0.25) is 0 Å². The molecule has 2 aromatic carbocycles. The van der Waals surface area contributed by atoms with E-state index in [0.29, 0.717) is 45.5 Å². The Bertz CT molecular complexity index is 1500. The minimum Gasteiger partial charge on any atom is -0.491 e. The molecule has 0 aromatic heterocycles. The fourth-order valence-electron chi connectivity index (χ4n) is 3.65. The molecule has 270 valence electrons. The first-order chi connectivity index (χ1) is 23.7. The van der Waals surface area contributed by atoms with Gasteiger partial charge in [0.1, 0.15) is 75.0 Å². The molecule has 2 aromatic rings. The van der Waals surface area contributed by atoms with E-state index < -0.39 is 18.2 Å². The molecule has 0 aliphatic heterocycles. The summed E-state index contributed by atoms with van der Waals surface area (Å²) in [5.41, 5.74) is 3.27. The monoisotopic (exact) mass is 692 g/mol. The van der Waals surface area contributed by atoms with Crippen LogP contribution in [-0.2, 0) is 28.5 Å². The lowest BCUT2D eigenvalue weighted by atomic mass is 10.1. The third kappa shape index (κ3) is 16.2. The van der Waals surface area contributed by atoms with Gasteiger partial charge in [0.05, 0.1) is 6.61 Å². The molecule has 0 spiro atoms. The van der Waals surface area contributed by atoms with Crippen LogP contribution in [0.2, 0.25) is 0 Å². The Balaban J connectivity index is 2.26. The molecule has 0 fully saturated rings. The zero-order valence-electron chi connectivity index (χ0n) is 29.4. The van der Waals surface area contributed by atoms with Gasteiger partial charge in [-0.15, -0.1) is 0 Å². The number of benzene rings is 2. The van der Waals surface area contributed by atoms with Crippen LogP contribution in [0.4, 0.5) is 0 Å². The number of carbonyl (C=O) groups excluding carboxylic acids is 2. The van der Waals surface area contributed by atoms with Crippen LogP contribution >= 0.6 is 0 Å². The molecule has 0 unspecified atom stereocenters. The highest BCUT2D eigenvalue weighted by Gasteiger charge is 2.09. The van der Waals surface area contributed by atoms with Crippen molar-refractivity contribution in [2.24, 2.45) is 0 Å². The van der Waals surface area contributed by atoms with Crippen molar-refractivity contribution in [2.45, 2.75) is 34.0 Å². The Labute approximate surface area is 294 Å². The van der Waals surface area contributed by atoms with E-state index in [-0.39, 0.29) is 52.9 Å². The van der Waals surface area contributed by atoms with E-state index in [1.54, 1.807) is 45.0 Å². The molecule has 0 aliphatic rings. The maximum Gasteiger partial charge on any atom is 0.333 e. The van der Waals surface area contributed by atoms with Crippen LogP contribution in [0.1, 0.15) is 38.8 Å². The number of aliphatic hydroxyl groups excluding tert-OH is 1. The molecule has 0 amide bonds. The smallest absolute Gasteiger partial charge is 0.333 e. The molecule has 11 nitrogen and oxygen atoms in total. The van der Waals surface area contributed by atoms with E-state index in [1.807, 2.05) is 31.2 Å². The molecule has 0 bridgehead atoms. The molecule has 2 rings (SSSR count). The topological polar surface area (TPSA) is 128 Å². The molecule has 0 heterocycles. The number of hydrogen-bond donors (Lipinski definition) is 1. The summed E-state index contributed by atoms with van der Waals surface area (Å²) in [7, 11) is 0. The molecule has 0 aliphatic carbocycles. The highest BCUT2D eigenvalue weighted by atomic mass is 16.6. The number of allylic oxidation sites excluding steroid dienone is 1. The largest absolute Gasteiger partial charge is 0.491 e. The van der Waals surface area contributed by atoms with Gasteiger partial charge >= 0.3 is 11.9 Å². The van der Waals surface area contributed by atoms with Crippen molar-refractivity contribution in [1.82, 2.24) is 0 Å². The molecule has 0 saturated heterocycles. The molecule has 50 heavy (non-hydrogen) atoms. The fourth-order valence-corrected chi connectivity index (χ4v) is 3.65. The van der Waals surface area contributed by atoms with Gasteiger partial charge in [-0.3, -0.25) is 0 Å². The zero-order valence-corrected chi connectivity index (χ0v) is 29.4. The summed E-state index contributed by atoms with van der Waals surface area (Å²) in [6.07, 6.45) is 2.62. The van der Waals surface area contributed by atoms with Crippen molar-refractivity contribution in [3.8, 4) is 23.0 Å². The van der Waals surface area contributed by atoms with Crippen molar-refractivity contribution < 1.29 is 52.6 Å². The van der Waals surface area contributed by atoms with Crippen LogP contribution in [0.15, 0.2) is 97.3 Å². The minimum atomic E-state index is -1.08. The number of hydrogen-bond acceptors (Lipinski definition) is 11. The molecule has 1 N–H and O–H groups in total. The maximum atomic E-state index is 11.7. The van der Waals surface area contributed by atoms with E-state index in [2.05, 4.69) is 32.9 Å². The SMILES string of the molecule is C=C(C)C(=C)OCCOc1cc(/C=C/c2cc(OCCOC(=O)C(=C)C)cc(OCCOC(=O)C(=C)C)c2)cc(OCCO[C@@H](O)C(=C)C)c1. The van der Waals surface area contributed by atoms with Crippen LogP contribution in [0, 0.1) is 0 Å². The Morgan fingerprint density at radius 2 is 0.920 bits per heavy atom. The van der Waals surface area contributed by atoms with Crippen molar-refractivity contribution in [1.29, 1.82) is 0 Å². The first-order valence-electron chi connectivity index (χ1n) is 15.8. The maximum absolute atomic E-state index is 11.7. The summed E-state index contributed by atoms with van der Waals surface area (Å²) in [6, 6.07) is 10.7. The van der Waals surface area contributed by atoms with Crippen LogP contribution in [0.25, 0.3) is 12.2 Å². The summed E-state index contributed by atoms with van der Waals surface area (Å²) in [5.74, 6) is 1.44. The van der Waals surface area contributed by atoms with Gasteiger partial charge in [-0.05, 0) is 74.2 Å². The van der Waals surface area contributed by atoms with E-state index in [9.17, 15) is 14.7 Å². The number of esters is 2. The highest BCUT2D eigenvalue weighted by molar-refractivity contribution is 5.87. The van der Waals surface area contributed by atoms with Gasteiger partial charge in [0.25, 0.3) is 0 Å². The second-order valence-corrected chi connectivity index (χ2v) is 11.2. The average Bonchev–Trinajstić information content (AvgIpc) is 3.07. The zero-order chi connectivity index (χ0) is 37.1. The summed E-state index contributed by atoms with van der Waals surface area (Å²) >= 11 is 0. The molecule has 1 atom stereocenters. The number of ether oxygens (including phenoxy) is 8. The average molecular weight is 693 g/mol. The summed E-state index contributed by atoms with van der Waals surface area (Å²) < 4.78 is 44.6. The van der Waals surface area contributed by atoms with Crippen molar-refractivity contribution in [2.75, 3.05) is 52.9 Å². The van der Waals surface area contributed by atoms with Gasteiger partial charge in [0, 0.05) is 23.3 Å². The first kappa shape index (κ1) is 40.9. The highest BCUT2D eigenvalue weighted by Crippen LogP contribution is 2.27. The molecular weight excluding hydrogens is 644 g/mol. The van der Waals surface area contributed by atoms with Crippen molar-refractivity contribution in [3.05, 3.63) is 108 Å². The van der Waals surface area contributed by atoms with Crippen LogP contribution in [0.3, 0.4) is 0 Å². The number of aliphatic hydroxyl groups is 1. The predicted molar refractivity (Wildman–Crippen MR) is 192 cm³/mol. The third-order valence-corrected chi connectivity index (χ3v) is 6.29. The number of rotatable bonds is 24. The van der Waals surface area contributed by atoms with E-state index in [4.69, 9.17) is 37.9 Å². The Hall–Kier alpha value is -5.26. The van der Waals surface area contributed by atoms with Gasteiger partial charge in [-0.2, -0.15) is 0 Å². The lowest BCUT2D eigenvalue weighted by Crippen LogP contribution is -2.17. The predicted octanol–water partition coefficient (Wildman–Crippen LogP) is 6.63. The second-order valence-electron chi connectivity index (χ2n) is 11.2. The third-order valence-electron chi connectivity index (χ3n) is 6.29. The number of carbonyl (C=O) groups is 2. The standard InChI is InChI=1S/C39H48O11/c1-26(2)30(9)43-12-13-44-33-20-31(21-34(24-33)45-14-17-48-37(40)27(3)4)10-11-32-22-35(46-15-18-49-38(41)28(5)6)25-36(23-32)47-16-19-50-39(42)29(7)8/h10-11,20-25,37,40H,1,3,5,7,9,12-19H2,2,4,6,8H3/b11-10+/t37-/m1/s1. The second kappa shape index (κ2) is 21.7. The Morgan fingerprint density at radius 1 is 0.560 bits per heavy atom. The fraction of sp³-hybridized carbons (Fsp3) is 0.333. The minimum absolute atomic E-state index is 0.0257. The summed E-state index contributed by atoms with van der Waals surface area (Å²) in [5, 5.41) is 9.83. The Morgan fingerprint density at radius 3 is 1.26 bits per heavy atom. The van der Waals surface area contributed by atoms with E-state index in [0.717, 1.165) is 16.7 Å². The Kier molecular flexibility index (Phi) is 17.7. The van der Waals surface area contributed by atoms with Gasteiger partial charge in [0.15, 0.2) is 6.29 Å². The summed E-state index contributed by atoms with van der Waals surface area (Å²) in [4.78, 5) is 23.4. The normalized spacial score (nSPS) is 11.2. The van der Waals surface area contributed by atoms with E-state index >= 15 is 0 Å². The van der Waals surface area contributed by atoms with Crippen LogP contribution < -0.4 is 18.9 Å². The van der Waals surface area contributed by atoms with Gasteiger partial charge in [-0.1, -0.05) is 45.0 Å². The molecular formula is C39H48O11. The molecule has 0 radical (unpaired) electrons. The summed E-state index contributed by atoms with van der Waals surface area (Å²) in [6.45, 7) is 26.1. The van der Waals surface area contributed by atoms with Crippen molar-refractivity contribution in [3.63, 3.8) is 0 Å². The molecule has 0 saturated carbocycles. The van der Waals surface area contributed by atoms with Crippen molar-refractivity contribution >= 4 is 24.1 Å². The van der Waals surface area contributed by atoms with E-state index in [1.165, 1.54) is 0 Å². The van der Waals surface area contributed by atoms with Gasteiger partial charge in [-0.25, -0.2) is 9.59 Å². The van der Waals surface area contributed by atoms with Crippen LogP contribution in [0.5, 0.6) is 23.0 Å². The first-order valence-corrected chi connectivity index (χ1v) is 15.8. The molecule has 11 heteroatoms. The lowest BCUT2D eigenvalue weighted by molar-refractivity contribution is -0.140.